The van der Waals surface area contributed by atoms with E-state index in [0.29, 0.717) is 18.7 Å². The Labute approximate surface area is 130 Å². The lowest BCUT2D eigenvalue weighted by Crippen LogP contribution is -2.29. The summed E-state index contributed by atoms with van der Waals surface area (Å²) in [6.07, 6.45) is 0.975. The van der Waals surface area contributed by atoms with E-state index >= 15 is 0 Å². The molecular formula is C17H23N3O2. The van der Waals surface area contributed by atoms with Gasteiger partial charge in [-0.3, -0.25) is 4.79 Å². The summed E-state index contributed by atoms with van der Waals surface area (Å²) in [7, 11) is 0. The molecule has 1 heterocycles. The summed E-state index contributed by atoms with van der Waals surface area (Å²) in [5.74, 6) is 0.835. The van der Waals surface area contributed by atoms with E-state index in [-0.39, 0.29) is 11.6 Å². The molecule has 0 aliphatic heterocycles. The molecule has 22 heavy (non-hydrogen) atoms. The number of rotatable bonds is 6. The van der Waals surface area contributed by atoms with Crippen molar-refractivity contribution in [2.75, 3.05) is 6.61 Å². The van der Waals surface area contributed by atoms with Gasteiger partial charge in [-0.15, -0.1) is 0 Å². The molecular weight excluding hydrogens is 278 g/mol. The number of nitrogens with zero attached hydrogens (tertiary/aromatic N) is 2. The predicted octanol–water partition coefficient (Wildman–Crippen LogP) is 2.74. The van der Waals surface area contributed by atoms with Crippen LogP contribution >= 0.6 is 0 Å². The van der Waals surface area contributed by atoms with Gasteiger partial charge in [0, 0.05) is 23.7 Å². The Balaban J connectivity index is 2.39. The zero-order valence-electron chi connectivity index (χ0n) is 13.4. The van der Waals surface area contributed by atoms with Gasteiger partial charge in [-0.2, -0.15) is 5.10 Å². The van der Waals surface area contributed by atoms with Gasteiger partial charge in [0.2, 0.25) is 0 Å². The first-order valence-corrected chi connectivity index (χ1v) is 7.67. The topological polar surface area (TPSA) is 70.1 Å². The van der Waals surface area contributed by atoms with Gasteiger partial charge >= 0.3 is 0 Å². The van der Waals surface area contributed by atoms with Gasteiger partial charge in [-0.1, -0.05) is 6.92 Å². The molecule has 2 N–H and O–H groups in total. The highest BCUT2D eigenvalue weighted by molar-refractivity contribution is 5.60. The third kappa shape index (κ3) is 3.54. The normalized spacial score (nSPS) is 12.2. The van der Waals surface area contributed by atoms with Crippen molar-refractivity contribution in [2.24, 2.45) is 5.73 Å². The highest BCUT2D eigenvalue weighted by atomic mass is 16.5. The van der Waals surface area contributed by atoms with Crippen LogP contribution in [0, 0.1) is 0 Å². The number of aryl methyl sites for hydroxylation is 1. The fourth-order valence-corrected chi connectivity index (χ4v) is 2.19. The molecule has 1 aromatic carbocycles. The molecule has 0 radical (unpaired) electrons. The molecule has 0 spiro atoms. The second-order valence-electron chi connectivity index (χ2n) is 5.27. The van der Waals surface area contributed by atoms with Gasteiger partial charge in [-0.25, -0.2) is 4.68 Å². The molecule has 0 bridgehead atoms. The molecule has 1 atom stereocenters. The van der Waals surface area contributed by atoms with Crippen molar-refractivity contribution < 1.29 is 4.74 Å². The molecule has 0 aliphatic carbocycles. The summed E-state index contributed by atoms with van der Waals surface area (Å²) >= 11 is 0. The molecule has 5 heteroatoms. The first kappa shape index (κ1) is 16.2. The van der Waals surface area contributed by atoms with Crippen LogP contribution in [0.25, 0.3) is 11.3 Å². The van der Waals surface area contributed by atoms with E-state index in [4.69, 9.17) is 10.5 Å². The first-order chi connectivity index (χ1) is 10.6. The minimum absolute atomic E-state index is 0.121. The van der Waals surface area contributed by atoms with Crippen molar-refractivity contribution in [1.82, 2.24) is 9.78 Å². The van der Waals surface area contributed by atoms with E-state index in [1.165, 1.54) is 4.68 Å². The highest BCUT2D eigenvalue weighted by Gasteiger charge is 2.12. The summed E-state index contributed by atoms with van der Waals surface area (Å²) < 4.78 is 7.03. The summed E-state index contributed by atoms with van der Waals surface area (Å²) in [6.45, 7) is 6.99. The third-order valence-electron chi connectivity index (χ3n) is 3.42. The maximum absolute atomic E-state index is 12.2. The van der Waals surface area contributed by atoms with Crippen LogP contribution in [0.4, 0.5) is 0 Å². The Bertz CT molecular complexity index is 675. The maximum atomic E-state index is 12.2. The molecule has 2 rings (SSSR count). The monoisotopic (exact) mass is 301 g/mol. The SMILES string of the molecule is CCCOc1ccc(-c2cc(C(C)N)c(=O)n(CC)n2)cc1. The minimum Gasteiger partial charge on any atom is -0.494 e. The lowest BCUT2D eigenvalue weighted by molar-refractivity contribution is 0.317. The summed E-state index contributed by atoms with van der Waals surface area (Å²) in [5, 5.41) is 4.40. The predicted molar refractivity (Wildman–Crippen MR) is 88.0 cm³/mol. The molecule has 0 saturated carbocycles. The van der Waals surface area contributed by atoms with Crippen LogP contribution in [-0.4, -0.2) is 16.4 Å². The average Bonchev–Trinajstić information content (AvgIpc) is 2.53. The van der Waals surface area contributed by atoms with Crippen LogP contribution in [0.5, 0.6) is 5.75 Å². The van der Waals surface area contributed by atoms with Gasteiger partial charge in [-0.05, 0) is 50.6 Å². The lowest BCUT2D eigenvalue weighted by Gasteiger charge is -2.12. The van der Waals surface area contributed by atoms with Gasteiger partial charge in [0.05, 0.1) is 12.3 Å². The number of hydrogen-bond acceptors (Lipinski definition) is 4. The lowest BCUT2D eigenvalue weighted by atomic mass is 10.1. The zero-order chi connectivity index (χ0) is 16.1. The number of hydrogen-bond donors (Lipinski definition) is 1. The fourth-order valence-electron chi connectivity index (χ4n) is 2.19. The minimum atomic E-state index is -0.320. The van der Waals surface area contributed by atoms with Crippen molar-refractivity contribution in [3.63, 3.8) is 0 Å². The number of benzene rings is 1. The van der Waals surface area contributed by atoms with Crippen LogP contribution in [0.2, 0.25) is 0 Å². The van der Waals surface area contributed by atoms with Crippen molar-refractivity contribution in [2.45, 2.75) is 39.8 Å². The fraction of sp³-hybridized carbons (Fsp3) is 0.412. The summed E-state index contributed by atoms with van der Waals surface area (Å²) in [5.41, 5.74) is 8.05. The number of aromatic nitrogens is 2. The third-order valence-corrected chi connectivity index (χ3v) is 3.42. The molecule has 0 aliphatic rings. The maximum Gasteiger partial charge on any atom is 0.271 e. The summed E-state index contributed by atoms with van der Waals surface area (Å²) in [4.78, 5) is 12.2. The smallest absolute Gasteiger partial charge is 0.271 e. The summed E-state index contributed by atoms with van der Waals surface area (Å²) in [6, 6.07) is 9.19. The molecule has 0 saturated heterocycles. The molecule has 0 fully saturated rings. The molecule has 1 unspecified atom stereocenters. The molecule has 0 amide bonds. The molecule has 2 aromatic rings. The first-order valence-electron chi connectivity index (χ1n) is 7.67. The van der Waals surface area contributed by atoms with E-state index in [9.17, 15) is 4.79 Å². The van der Waals surface area contributed by atoms with Crippen LogP contribution in [0.3, 0.4) is 0 Å². The van der Waals surface area contributed by atoms with E-state index in [1.807, 2.05) is 38.1 Å². The molecule has 1 aromatic heterocycles. The number of nitrogens with two attached hydrogens (primary N) is 1. The Morgan fingerprint density at radius 1 is 1.27 bits per heavy atom. The van der Waals surface area contributed by atoms with Crippen LogP contribution in [0.1, 0.15) is 38.8 Å². The Morgan fingerprint density at radius 3 is 2.50 bits per heavy atom. The van der Waals surface area contributed by atoms with Crippen molar-refractivity contribution in [3.05, 3.63) is 46.2 Å². The van der Waals surface area contributed by atoms with E-state index < -0.39 is 0 Å². The van der Waals surface area contributed by atoms with Gasteiger partial charge in [0.15, 0.2) is 0 Å². The molecule has 118 valence electrons. The van der Waals surface area contributed by atoms with Crippen LogP contribution in [0.15, 0.2) is 35.1 Å². The second kappa shape index (κ2) is 7.22. The van der Waals surface area contributed by atoms with Crippen molar-refractivity contribution in [1.29, 1.82) is 0 Å². The van der Waals surface area contributed by atoms with E-state index in [0.717, 1.165) is 23.4 Å². The molecule has 5 nitrogen and oxygen atoms in total. The van der Waals surface area contributed by atoms with E-state index in [2.05, 4.69) is 12.0 Å². The Hall–Kier alpha value is -2.14. The van der Waals surface area contributed by atoms with E-state index in [1.54, 1.807) is 6.07 Å². The quantitative estimate of drug-likeness (QED) is 0.890. The second-order valence-corrected chi connectivity index (χ2v) is 5.27. The van der Waals surface area contributed by atoms with Gasteiger partial charge in [0.1, 0.15) is 5.75 Å². The Morgan fingerprint density at radius 2 is 1.95 bits per heavy atom. The average molecular weight is 301 g/mol. The highest BCUT2D eigenvalue weighted by Crippen LogP contribution is 2.21. The van der Waals surface area contributed by atoms with Crippen LogP contribution < -0.4 is 16.0 Å². The van der Waals surface area contributed by atoms with Crippen molar-refractivity contribution in [3.8, 4) is 17.0 Å². The van der Waals surface area contributed by atoms with Gasteiger partial charge < -0.3 is 10.5 Å². The standard InChI is InChI=1S/C17H23N3O2/c1-4-10-22-14-8-6-13(7-9-14)16-11-15(12(3)18)17(21)20(5-2)19-16/h6-9,11-12H,4-5,10,18H2,1-3H3. The van der Waals surface area contributed by atoms with Crippen LogP contribution in [-0.2, 0) is 6.54 Å². The zero-order valence-corrected chi connectivity index (χ0v) is 13.4. The largest absolute Gasteiger partial charge is 0.494 e. The number of ether oxygens (including phenoxy) is 1. The van der Waals surface area contributed by atoms with Crippen molar-refractivity contribution >= 4 is 0 Å². The Kier molecular flexibility index (Phi) is 5.33. The van der Waals surface area contributed by atoms with Gasteiger partial charge in [0.25, 0.3) is 5.56 Å².